The lowest BCUT2D eigenvalue weighted by Gasteiger charge is -2.33. The summed E-state index contributed by atoms with van der Waals surface area (Å²) in [6.07, 6.45) is -1.96. The van der Waals surface area contributed by atoms with Gasteiger partial charge in [-0.05, 0) is 31.9 Å². The molecule has 0 aliphatic heterocycles. The first-order valence-electron chi connectivity index (χ1n) is 8.14. The molecule has 0 saturated carbocycles. The molecule has 1 aliphatic rings. The standard InChI is InChI=1S/C20H21NO4/c1-19(2,3)25-18(24)21-20(13-9-5-4-6-10-13)16(22)14-11-7-8-12-15(14)17(20)23/h4-12,16,22H,1-3H3,(H,21,24)/t16-,20-/m0/s1. The number of hydrogen-bond acceptors (Lipinski definition) is 4. The van der Waals surface area contributed by atoms with Crippen LogP contribution in [-0.4, -0.2) is 22.6 Å². The van der Waals surface area contributed by atoms with Crippen molar-refractivity contribution < 1.29 is 19.4 Å². The molecule has 0 bridgehead atoms. The number of hydrogen-bond donors (Lipinski definition) is 2. The minimum Gasteiger partial charge on any atom is -0.444 e. The third kappa shape index (κ3) is 2.91. The van der Waals surface area contributed by atoms with Crippen molar-refractivity contribution in [3.63, 3.8) is 0 Å². The smallest absolute Gasteiger partial charge is 0.408 e. The average Bonchev–Trinajstić information content (AvgIpc) is 2.77. The summed E-state index contributed by atoms with van der Waals surface area (Å²) in [5.74, 6) is -0.354. The van der Waals surface area contributed by atoms with E-state index >= 15 is 0 Å². The number of fused-ring (bicyclic) bond motifs is 1. The summed E-state index contributed by atoms with van der Waals surface area (Å²) in [5.41, 5.74) is -0.925. The second-order valence-electron chi connectivity index (χ2n) is 7.12. The summed E-state index contributed by atoms with van der Waals surface area (Å²) in [6, 6.07) is 15.6. The molecule has 25 heavy (non-hydrogen) atoms. The Labute approximate surface area is 146 Å². The van der Waals surface area contributed by atoms with Crippen molar-refractivity contribution in [2.45, 2.75) is 38.0 Å². The fourth-order valence-electron chi connectivity index (χ4n) is 3.16. The lowest BCUT2D eigenvalue weighted by molar-refractivity contribution is 0.0237. The topological polar surface area (TPSA) is 75.6 Å². The van der Waals surface area contributed by atoms with Crippen LogP contribution >= 0.6 is 0 Å². The van der Waals surface area contributed by atoms with Gasteiger partial charge < -0.3 is 15.2 Å². The van der Waals surface area contributed by atoms with Gasteiger partial charge in [0.2, 0.25) is 0 Å². The lowest BCUT2D eigenvalue weighted by atomic mass is 9.84. The van der Waals surface area contributed by atoms with Crippen molar-refractivity contribution in [2.24, 2.45) is 0 Å². The summed E-state index contributed by atoms with van der Waals surface area (Å²) in [7, 11) is 0. The number of nitrogens with one attached hydrogen (secondary N) is 1. The van der Waals surface area contributed by atoms with Gasteiger partial charge in [-0.15, -0.1) is 0 Å². The van der Waals surface area contributed by atoms with E-state index in [-0.39, 0.29) is 5.78 Å². The number of benzene rings is 2. The number of alkyl carbamates (subject to hydrolysis) is 1. The van der Waals surface area contributed by atoms with Crippen LogP contribution in [-0.2, 0) is 10.3 Å². The molecule has 2 atom stereocenters. The zero-order valence-corrected chi connectivity index (χ0v) is 14.4. The van der Waals surface area contributed by atoms with Crippen LogP contribution in [0.5, 0.6) is 0 Å². The highest BCUT2D eigenvalue weighted by Crippen LogP contribution is 2.45. The maximum atomic E-state index is 13.2. The van der Waals surface area contributed by atoms with Crippen LogP contribution in [0.3, 0.4) is 0 Å². The van der Waals surface area contributed by atoms with Crippen molar-refractivity contribution in [2.75, 3.05) is 0 Å². The number of rotatable bonds is 2. The van der Waals surface area contributed by atoms with Gasteiger partial charge in [0.15, 0.2) is 11.3 Å². The molecule has 3 rings (SSSR count). The van der Waals surface area contributed by atoms with E-state index in [1.807, 2.05) is 6.07 Å². The Bertz CT molecular complexity index is 810. The molecule has 5 heteroatoms. The summed E-state index contributed by atoms with van der Waals surface area (Å²) in [4.78, 5) is 25.6. The number of carbonyl (C=O) groups is 2. The van der Waals surface area contributed by atoms with Crippen molar-refractivity contribution in [3.8, 4) is 0 Å². The molecular weight excluding hydrogens is 318 g/mol. The molecular formula is C20H21NO4. The van der Waals surface area contributed by atoms with E-state index in [2.05, 4.69) is 5.32 Å². The summed E-state index contributed by atoms with van der Waals surface area (Å²) < 4.78 is 5.33. The van der Waals surface area contributed by atoms with Crippen molar-refractivity contribution in [1.82, 2.24) is 5.32 Å². The minimum atomic E-state index is -1.60. The number of carbonyl (C=O) groups excluding carboxylic acids is 2. The van der Waals surface area contributed by atoms with E-state index < -0.39 is 23.3 Å². The maximum Gasteiger partial charge on any atom is 0.408 e. The Morgan fingerprint density at radius 1 is 1.08 bits per heavy atom. The molecule has 0 fully saturated rings. The highest BCUT2D eigenvalue weighted by molar-refractivity contribution is 6.10. The third-order valence-electron chi connectivity index (χ3n) is 4.20. The molecule has 5 nitrogen and oxygen atoms in total. The zero-order chi connectivity index (χ0) is 18.2. The molecule has 1 aliphatic carbocycles. The van der Waals surface area contributed by atoms with Crippen molar-refractivity contribution >= 4 is 11.9 Å². The normalized spacial score (nSPS) is 22.4. The Hall–Kier alpha value is -2.66. The predicted molar refractivity (Wildman–Crippen MR) is 93.2 cm³/mol. The van der Waals surface area contributed by atoms with E-state index in [4.69, 9.17) is 4.74 Å². The van der Waals surface area contributed by atoms with Gasteiger partial charge in [-0.25, -0.2) is 4.79 Å². The first-order chi connectivity index (χ1) is 11.8. The maximum absolute atomic E-state index is 13.2. The van der Waals surface area contributed by atoms with Gasteiger partial charge in [0.1, 0.15) is 11.7 Å². The van der Waals surface area contributed by atoms with E-state index in [0.29, 0.717) is 16.7 Å². The van der Waals surface area contributed by atoms with Crippen molar-refractivity contribution in [1.29, 1.82) is 0 Å². The molecule has 2 aromatic carbocycles. The van der Waals surface area contributed by atoms with Crippen LogP contribution in [0.1, 0.15) is 48.4 Å². The predicted octanol–water partition coefficient (Wildman–Crippen LogP) is 3.34. The molecule has 0 radical (unpaired) electrons. The number of ketones is 1. The molecule has 0 unspecified atom stereocenters. The molecule has 1 amide bonds. The number of ether oxygens (including phenoxy) is 1. The lowest BCUT2D eigenvalue weighted by Crippen LogP contribution is -2.53. The second-order valence-corrected chi connectivity index (χ2v) is 7.12. The molecule has 2 aromatic rings. The van der Waals surface area contributed by atoms with Crippen LogP contribution in [0.15, 0.2) is 54.6 Å². The van der Waals surface area contributed by atoms with Crippen LogP contribution in [0, 0.1) is 0 Å². The summed E-state index contributed by atoms with van der Waals surface area (Å²) >= 11 is 0. The zero-order valence-electron chi connectivity index (χ0n) is 14.4. The third-order valence-corrected chi connectivity index (χ3v) is 4.20. The SMILES string of the molecule is CC(C)(C)OC(=O)N[C@]1(c2ccccc2)C(=O)c2ccccc2[C@@H]1O. The fraction of sp³-hybridized carbons (Fsp3) is 0.300. The number of aliphatic hydroxyl groups is 1. The van der Waals surface area contributed by atoms with Crippen LogP contribution < -0.4 is 5.32 Å². The van der Waals surface area contributed by atoms with Gasteiger partial charge in [0, 0.05) is 5.56 Å². The van der Waals surface area contributed by atoms with E-state index in [0.717, 1.165) is 0 Å². The largest absolute Gasteiger partial charge is 0.444 e. The average molecular weight is 339 g/mol. The second kappa shape index (κ2) is 6.01. The minimum absolute atomic E-state index is 0.354. The molecule has 0 heterocycles. The van der Waals surface area contributed by atoms with Gasteiger partial charge in [0.25, 0.3) is 0 Å². The van der Waals surface area contributed by atoms with Gasteiger partial charge >= 0.3 is 6.09 Å². The fourth-order valence-corrected chi connectivity index (χ4v) is 3.16. The molecule has 130 valence electrons. The molecule has 2 N–H and O–H groups in total. The van der Waals surface area contributed by atoms with Gasteiger partial charge in [-0.3, -0.25) is 4.79 Å². The van der Waals surface area contributed by atoms with Gasteiger partial charge in [-0.1, -0.05) is 54.6 Å². The number of amides is 1. The van der Waals surface area contributed by atoms with Crippen molar-refractivity contribution in [3.05, 3.63) is 71.3 Å². The summed E-state index contributed by atoms with van der Waals surface area (Å²) in [5, 5.41) is 13.6. The van der Waals surface area contributed by atoms with E-state index in [9.17, 15) is 14.7 Å². The van der Waals surface area contributed by atoms with Crippen LogP contribution in [0.2, 0.25) is 0 Å². The Kier molecular flexibility index (Phi) is 4.13. The highest BCUT2D eigenvalue weighted by Gasteiger charge is 2.55. The Balaban J connectivity index is 2.10. The number of aliphatic hydroxyl groups excluding tert-OH is 1. The molecule has 0 aromatic heterocycles. The first kappa shape index (κ1) is 17.2. The van der Waals surface area contributed by atoms with Crippen LogP contribution in [0.4, 0.5) is 4.79 Å². The van der Waals surface area contributed by atoms with E-state index in [1.165, 1.54) is 0 Å². The Morgan fingerprint density at radius 2 is 1.68 bits per heavy atom. The molecule has 0 saturated heterocycles. The number of Topliss-reactive ketones (excluding diaryl/α,β-unsaturated/α-hetero) is 1. The van der Waals surface area contributed by atoms with Gasteiger partial charge in [0.05, 0.1) is 0 Å². The quantitative estimate of drug-likeness (QED) is 0.880. The monoisotopic (exact) mass is 339 g/mol. The van der Waals surface area contributed by atoms with E-state index in [1.54, 1.807) is 69.3 Å². The Morgan fingerprint density at radius 3 is 2.28 bits per heavy atom. The first-order valence-corrected chi connectivity index (χ1v) is 8.14. The summed E-state index contributed by atoms with van der Waals surface area (Å²) in [6.45, 7) is 5.22. The molecule has 0 spiro atoms. The van der Waals surface area contributed by atoms with Crippen LogP contribution in [0.25, 0.3) is 0 Å². The van der Waals surface area contributed by atoms with Gasteiger partial charge in [-0.2, -0.15) is 0 Å². The highest BCUT2D eigenvalue weighted by atomic mass is 16.6.